The molecule has 5 nitrogen and oxygen atoms in total. The van der Waals surface area contributed by atoms with Gasteiger partial charge in [0.1, 0.15) is 13.1 Å². The van der Waals surface area contributed by atoms with Crippen molar-refractivity contribution in [2.24, 2.45) is 0 Å². The Balaban J connectivity index is 2.73. The normalized spacial score (nSPS) is 11.7. The van der Waals surface area contributed by atoms with Crippen molar-refractivity contribution in [3.8, 4) is 0 Å². The minimum Gasteiger partial charge on any atom is -0.396 e. The zero-order valence-electron chi connectivity index (χ0n) is 10.4. The molecule has 1 aromatic heterocycles. The van der Waals surface area contributed by atoms with Crippen molar-refractivity contribution in [1.82, 2.24) is 14.7 Å². The Labute approximate surface area is 102 Å². The van der Waals surface area contributed by atoms with Gasteiger partial charge in [-0.3, -0.25) is 9.48 Å². The lowest BCUT2D eigenvalue weighted by Crippen LogP contribution is -2.38. The van der Waals surface area contributed by atoms with Gasteiger partial charge in [0.2, 0.25) is 5.91 Å². The van der Waals surface area contributed by atoms with E-state index in [-0.39, 0.29) is 6.54 Å². The molecular formula is C10H15F3N4O. The van der Waals surface area contributed by atoms with Crippen LogP contribution in [0.5, 0.6) is 0 Å². The van der Waals surface area contributed by atoms with Gasteiger partial charge in [0.15, 0.2) is 0 Å². The van der Waals surface area contributed by atoms with Crippen LogP contribution in [0.25, 0.3) is 0 Å². The summed E-state index contributed by atoms with van der Waals surface area (Å²) in [7, 11) is 1.10. The number of nitrogens with zero attached hydrogens (tertiary/aromatic N) is 3. The maximum Gasteiger partial charge on any atom is 0.406 e. The van der Waals surface area contributed by atoms with E-state index >= 15 is 0 Å². The smallest absolute Gasteiger partial charge is 0.396 e. The van der Waals surface area contributed by atoms with Crippen LogP contribution in [-0.2, 0) is 11.3 Å². The third kappa shape index (κ3) is 3.38. The van der Waals surface area contributed by atoms with E-state index in [9.17, 15) is 18.0 Å². The summed E-state index contributed by atoms with van der Waals surface area (Å²) < 4.78 is 37.7. The van der Waals surface area contributed by atoms with Crippen LogP contribution in [0, 0.1) is 13.8 Å². The lowest BCUT2D eigenvalue weighted by molar-refractivity contribution is -0.158. The Morgan fingerprint density at radius 2 is 2.00 bits per heavy atom. The average Bonchev–Trinajstić information content (AvgIpc) is 2.44. The number of carbonyl (C=O) groups is 1. The summed E-state index contributed by atoms with van der Waals surface area (Å²) >= 11 is 0. The molecule has 0 spiro atoms. The molecule has 0 fully saturated rings. The van der Waals surface area contributed by atoms with Gasteiger partial charge in [-0.1, -0.05) is 0 Å². The molecule has 1 aromatic rings. The molecule has 0 atom stereocenters. The van der Waals surface area contributed by atoms with Crippen molar-refractivity contribution >= 4 is 11.6 Å². The van der Waals surface area contributed by atoms with Crippen molar-refractivity contribution in [3.05, 3.63) is 11.4 Å². The zero-order valence-corrected chi connectivity index (χ0v) is 10.4. The van der Waals surface area contributed by atoms with Crippen molar-refractivity contribution < 1.29 is 18.0 Å². The Kier molecular flexibility index (Phi) is 3.88. The summed E-state index contributed by atoms with van der Waals surface area (Å²) in [5, 5.41) is 3.99. The predicted molar refractivity (Wildman–Crippen MR) is 59.8 cm³/mol. The van der Waals surface area contributed by atoms with Gasteiger partial charge in [-0.25, -0.2) is 0 Å². The number of halogens is 3. The standard InChI is InChI=1S/C10H15F3N4O/c1-6-9(14)7(2)17(15-6)4-8(18)16(3)5-10(11,12)13/h4-5,14H2,1-3H3. The fourth-order valence-electron chi connectivity index (χ4n) is 1.47. The molecule has 0 unspecified atom stereocenters. The summed E-state index contributed by atoms with van der Waals surface area (Å²) in [5.41, 5.74) is 7.24. The molecule has 0 saturated carbocycles. The van der Waals surface area contributed by atoms with Crippen LogP contribution in [0.3, 0.4) is 0 Å². The van der Waals surface area contributed by atoms with Crippen LogP contribution in [0.2, 0.25) is 0 Å². The van der Waals surface area contributed by atoms with Crippen molar-refractivity contribution in [1.29, 1.82) is 0 Å². The van der Waals surface area contributed by atoms with Crippen molar-refractivity contribution in [2.45, 2.75) is 26.6 Å². The van der Waals surface area contributed by atoms with E-state index in [2.05, 4.69) is 5.10 Å². The van der Waals surface area contributed by atoms with Gasteiger partial charge < -0.3 is 10.6 Å². The first kappa shape index (κ1) is 14.3. The molecule has 0 aliphatic heterocycles. The quantitative estimate of drug-likeness (QED) is 0.889. The first-order chi connectivity index (χ1) is 8.11. The first-order valence-electron chi connectivity index (χ1n) is 5.22. The molecule has 18 heavy (non-hydrogen) atoms. The molecule has 1 rings (SSSR count). The molecule has 0 saturated heterocycles. The molecule has 8 heteroatoms. The van der Waals surface area contributed by atoms with E-state index in [1.54, 1.807) is 13.8 Å². The number of anilines is 1. The lowest BCUT2D eigenvalue weighted by Gasteiger charge is -2.19. The number of likely N-dealkylation sites (N-methyl/N-ethyl adjacent to an activating group) is 1. The van der Waals surface area contributed by atoms with E-state index in [0.29, 0.717) is 22.0 Å². The third-order valence-electron chi connectivity index (χ3n) is 2.56. The number of hydrogen-bond acceptors (Lipinski definition) is 3. The summed E-state index contributed by atoms with van der Waals surface area (Å²) in [6, 6.07) is 0. The molecule has 0 bridgehead atoms. The number of aromatic nitrogens is 2. The second kappa shape index (κ2) is 4.87. The topological polar surface area (TPSA) is 64.2 Å². The highest BCUT2D eigenvalue weighted by atomic mass is 19.4. The molecule has 0 aromatic carbocycles. The molecule has 1 amide bonds. The van der Waals surface area contributed by atoms with Crippen LogP contribution >= 0.6 is 0 Å². The second-order valence-corrected chi connectivity index (χ2v) is 4.11. The molecule has 102 valence electrons. The molecule has 0 aliphatic carbocycles. The van der Waals surface area contributed by atoms with E-state index < -0.39 is 18.6 Å². The molecule has 1 heterocycles. The van der Waals surface area contributed by atoms with E-state index in [0.717, 1.165) is 7.05 Å². The summed E-state index contributed by atoms with van der Waals surface area (Å²) in [4.78, 5) is 12.2. The van der Waals surface area contributed by atoms with Gasteiger partial charge in [0.25, 0.3) is 0 Å². The molecular weight excluding hydrogens is 249 g/mol. The number of nitrogen functional groups attached to an aromatic ring is 1. The van der Waals surface area contributed by atoms with E-state index in [4.69, 9.17) is 5.73 Å². The SMILES string of the molecule is Cc1nn(CC(=O)N(C)CC(F)(F)F)c(C)c1N. The highest BCUT2D eigenvalue weighted by Gasteiger charge is 2.31. The highest BCUT2D eigenvalue weighted by molar-refractivity contribution is 5.76. The monoisotopic (exact) mass is 264 g/mol. The largest absolute Gasteiger partial charge is 0.406 e. The Bertz CT molecular complexity index is 453. The minimum atomic E-state index is -4.40. The zero-order chi connectivity index (χ0) is 14.1. The number of rotatable bonds is 3. The van der Waals surface area contributed by atoms with Gasteiger partial charge in [0, 0.05) is 7.05 Å². The Hall–Kier alpha value is -1.73. The van der Waals surface area contributed by atoms with Gasteiger partial charge in [0.05, 0.1) is 17.1 Å². The number of carbonyl (C=O) groups excluding carboxylic acids is 1. The molecule has 0 aliphatic rings. The van der Waals surface area contributed by atoms with Crippen LogP contribution in [0.4, 0.5) is 18.9 Å². The number of aryl methyl sites for hydroxylation is 1. The number of hydrogen-bond donors (Lipinski definition) is 1. The van der Waals surface area contributed by atoms with Crippen LogP contribution in [0.15, 0.2) is 0 Å². The van der Waals surface area contributed by atoms with E-state index in [1.807, 2.05) is 0 Å². The van der Waals surface area contributed by atoms with Gasteiger partial charge in [-0.15, -0.1) is 0 Å². The lowest BCUT2D eigenvalue weighted by atomic mass is 10.3. The third-order valence-corrected chi connectivity index (χ3v) is 2.56. The van der Waals surface area contributed by atoms with Gasteiger partial charge in [-0.05, 0) is 13.8 Å². The number of alkyl halides is 3. The summed E-state index contributed by atoms with van der Waals surface area (Å²) in [6.07, 6.45) is -4.40. The maximum atomic E-state index is 12.1. The van der Waals surface area contributed by atoms with Crippen LogP contribution in [-0.4, -0.2) is 40.4 Å². The maximum absolute atomic E-state index is 12.1. The van der Waals surface area contributed by atoms with Crippen molar-refractivity contribution in [3.63, 3.8) is 0 Å². The van der Waals surface area contributed by atoms with Gasteiger partial charge in [-0.2, -0.15) is 18.3 Å². The van der Waals surface area contributed by atoms with E-state index in [1.165, 1.54) is 4.68 Å². The molecule has 2 N–H and O–H groups in total. The Morgan fingerprint density at radius 3 is 2.39 bits per heavy atom. The Morgan fingerprint density at radius 1 is 1.44 bits per heavy atom. The second-order valence-electron chi connectivity index (χ2n) is 4.11. The number of nitrogens with two attached hydrogens (primary N) is 1. The fourth-order valence-corrected chi connectivity index (χ4v) is 1.47. The first-order valence-corrected chi connectivity index (χ1v) is 5.22. The van der Waals surface area contributed by atoms with Crippen molar-refractivity contribution in [2.75, 3.05) is 19.3 Å². The minimum absolute atomic E-state index is 0.254. The van der Waals surface area contributed by atoms with Crippen LogP contribution < -0.4 is 5.73 Å². The predicted octanol–water partition coefficient (Wildman–Crippen LogP) is 1.10. The average molecular weight is 264 g/mol. The highest BCUT2D eigenvalue weighted by Crippen LogP contribution is 2.17. The summed E-state index contributed by atoms with van der Waals surface area (Å²) in [5.74, 6) is -0.669. The summed E-state index contributed by atoms with van der Waals surface area (Å²) in [6.45, 7) is 1.80. The van der Waals surface area contributed by atoms with Gasteiger partial charge >= 0.3 is 6.18 Å². The molecule has 0 radical (unpaired) electrons. The van der Waals surface area contributed by atoms with Crippen LogP contribution in [0.1, 0.15) is 11.4 Å². The number of amides is 1. The fraction of sp³-hybridized carbons (Fsp3) is 0.600.